The lowest BCUT2D eigenvalue weighted by Gasteiger charge is -2.14. The molecule has 1 heterocycles. The number of halogens is 5. The maximum absolute atomic E-state index is 14.0. The van der Waals surface area contributed by atoms with Gasteiger partial charge in [0, 0.05) is 11.6 Å². The Kier molecular flexibility index (Phi) is 7.91. The highest BCUT2D eigenvalue weighted by Crippen LogP contribution is 2.39. The van der Waals surface area contributed by atoms with Crippen LogP contribution in [-0.2, 0) is 17.5 Å². The van der Waals surface area contributed by atoms with Crippen molar-refractivity contribution in [3.05, 3.63) is 98.6 Å². The number of carbonyl (C=O) groups is 1. The minimum atomic E-state index is -5.08. The van der Waals surface area contributed by atoms with E-state index in [1.54, 1.807) is 0 Å². The molecule has 11 heteroatoms. The number of esters is 1. The van der Waals surface area contributed by atoms with Gasteiger partial charge in [0.1, 0.15) is 29.5 Å². The molecule has 0 saturated heterocycles. The molecule has 0 aliphatic rings. The molecule has 0 aliphatic carbocycles. The summed E-state index contributed by atoms with van der Waals surface area (Å²) in [7, 11) is 0. The van der Waals surface area contributed by atoms with Gasteiger partial charge in [-0.2, -0.15) is 13.2 Å². The van der Waals surface area contributed by atoms with Crippen LogP contribution >= 0.6 is 11.6 Å². The van der Waals surface area contributed by atoms with Crippen LogP contribution in [0.2, 0.25) is 5.02 Å². The molecule has 6 nitrogen and oxygen atoms in total. The van der Waals surface area contributed by atoms with Crippen molar-refractivity contribution in [2.24, 2.45) is 0 Å². The van der Waals surface area contributed by atoms with Crippen molar-refractivity contribution in [3.8, 4) is 17.2 Å². The fourth-order valence-corrected chi connectivity index (χ4v) is 3.62. The molecular weight excluding hydrogens is 532 g/mol. The molecule has 0 fully saturated rings. The Morgan fingerprint density at radius 1 is 1.03 bits per heavy atom. The normalized spacial score (nSPS) is 11.4. The van der Waals surface area contributed by atoms with E-state index in [0.29, 0.717) is 6.42 Å². The highest BCUT2D eigenvalue weighted by Gasteiger charge is 2.40. The second-order valence-corrected chi connectivity index (χ2v) is 8.40. The number of hydrogen-bond acceptors (Lipinski definition) is 6. The van der Waals surface area contributed by atoms with E-state index >= 15 is 0 Å². The number of alkyl halides is 3. The number of fused-ring (bicyclic) bond motifs is 1. The van der Waals surface area contributed by atoms with E-state index in [4.69, 9.17) is 30.2 Å². The number of hydrogen-bond donors (Lipinski definition) is 0. The van der Waals surface area contributed by atoms with Crippen molar-refractivity contribution >= 4 is 28.5 Å². The smallest absolute Gasteiger partial charge is 0.453 e. The standard InChI is InChI=1S/C27H19ClF4O6/c1-2-12-35-26(34)15-6-8-16(9-7-15)37-24-23(33)18-11-10-17(13-22(18)38-25(24)27(30,31)32)36-14-19-20(28)4-3-5-21(19)29/h3-11,13H,2,12,14H2,1H3. The van der Waals surface area contributed by atoms with Gasteiger partial charge in [0.25, 0.3) is 5.76 Å². The van der Waals surface area contributed by atoms with Crippen LogP contribution in [-0.4, -0.2) is 12.6 Å². The first-order valence-electron chi connectivity index (χ1n) is 11.3. The maximum atomic E-state index is 14.0. The third kappa shape index (κ3) is 5.91. The summed E-state index contributed by atoms with van der Waals surface area (Å²) >= 11 is 5.97. The first-order valence-corrected chi connectivity index (χ1v) is 11.6. The summed E-state index contributed by atoms with van der Waals surface area (Å²) in [6.07, 6.45) is -4.46. The summed E-state index contributed by atoms with van der Waals surface area (Å²) in [6.45, 7) is 1.73. The van der Waals surface area contributed by atoms with Crippen molar-refractivity contribution in [2.45, 2.75) is 26.1 Å². The molecule has 3 aromatic carbocycles. The largest absolute Gasteiger partial charge is 0.489 e. The quantitative estimate of drug-likeness (QED) is 0.167. The van der Waals surface area contributed by atoms with Gasteiger partial charge in [0.05, 0.1) is 22.6 Å². The maximum Gasteiger partial charge on any atom is 0.453 e. The van der Waals surface area contributed by atoms with Crippen molar-refractivity contribution in [3.63, 3.8) is 0 Å². The second-order valence-electron chi connectivity index (χ2n) is 8.00. The Labute approximate surface area is 218 Å². The van der Waals surface area contributed by atoms with Crippen molar-refractivity contribution in [2.75, 3.05) is 6.61 Å². The molecule has 4 rings (SSSR count). The molecule has 0 N–H and O–H groups in total. The Morgan fingerprint density at radius 2 is 1.74 bits per heavy atom. The van der Waals surface area contributed by atoms with Crippen LogP contribution in [0, 0.1) is 5.82 Å². The van der Waals surface area contributed by atoms with E-state index in [1.807, 2.05) is 6.92 Å². The minimum Gasteiger partial charge on any atom is -0.489 e. The molecule has 0 atom stereocenters. The zero-order chi connectivity index (χ0) is 27.4. The van der Waals surface area contributed by atoms with Gasteiger partial charge in [0.15, 0.2) is 0 Å². The van der Waals surface area contributed by atoms with Crippen molar-refractivity contribution < 1.29 is 41.0 Å². The van der Waals surface area contributed by atoms with E-state index in [1.165, 1.54) is 54.6 Å². The van der Waals surface area contributed by atoms with E-state index in [2.05, 4.69) is 0 Å². The van der Waals surface area contributed by atoms with Crippen LogP contribution in [0.15, 0.2) is 69.9 Å². The highest BCUT2D eigenvalue weighted by molar-refractivity contribution is 6.31. The summed E-state index contributed by atoms with van der Waals surface area (Å²) in [5.74, 6) is -4.05. The fraction of sp³-hybridized carbons (Fsp3) is 0.185. The summed E-state index contributed by atoms with van der Waals surface area (Å²) in [5, 5.41) is -0.0895. The number of ether oxygens (including phenoxy) is 3. The van der Waals surface area contributed by atoms with Gasteiger partial charge in [-0.05, 0) is 55.0 Å². The average molecular weight is 551 g/mol. The Balaban J connectivity index is 1.65. The predicted octanol–water partition coefficient (Wildman–Crippen LogP) is 7.54. The van der Waals surface area contributed by atoms with E-state index in [-0.39, 0.29) is 46.2 Å². The van der Waals surface area contributed by atoms with Crippen LogP contribution in [0.3, 0.4) is 0 Å². The Morgan fingerprint density at radius 3 is 2.39 bits per heavy atom. The first kappa shape index (κ1) is 27.0. The third-order valence-corrected chi connectivity index (χ3v) is 5.63. The van der Waals surface area contributed by atoms with Gasteiger partial charge >= 0.3 is 12.1 Å². The zero-order valence-electron chi connectivity index (χ0n) is 19.7. The van der Waals surface area contributed by atoms with Crippen molar-refractivity contribution in [1.29, 1.82) is 0 Å². The molecule has 0 spiro atoms. The molecule has 1 aromatic heterocycles. The highest BCUT2D eigenvalue weighted by atomic mass is 35.5. The van der Waals surface area contributed by atoms with Gasteiger partial charge < -0.3 is 18.6 Å². The van der Waals surface area contributed by atoms with Gasteiger partial charge in [0.2, 0.25) is 11.2 Å². The minimum absolute atomic E-state index is 0.0207. The average Bonchev–Trinajstić information content (AvgIpc) is 2.88. The van der Waals surface area contributed by atoms with Gasteiger partial charge in [-0.25, -0.2) is 9.18 Å². The lowest BCUT2D eigenvalue weighted by molar-refractivity contribution is -0.154. The van der Waals surface area contributed by atoms with Gasteiger partial charge in [-0.15, -0.1) is 0 Å². The molecule has 0 radical (unpaired) electrons. The van der Waals surface area contributed by atoms with Crippen LogP contribution in [0.25, 0.3) is 11.0 Å². The fourth-order valence-electron chi connectivity index (χ4n) is 3.41. The van der Waals surface area contributed by atoms with Gasteiger partial charge in [-0.1, -0.05) is 24.6 Å². The lowest BCUT2D eigenvalue weighted by Crippen LogP contribution is -2.15. The van der Waals surface area contributed by atoms with Crippen LogP contribution in [0.5, 0.6) is 17.2 Å². The van der Waals surface area contributed by atoms with Gasteiger partial charge in [-0.3, -0.25) is 4.79 Å². The molecule has 0 unspecified atom stereocenters. The van der Waals surface area contributed by atoms with Crippen molar-refractivity contribution in [1.82, 2.24) is 0 Å². The molecule has 198 valence electrons. The number of benzene rings is 3. The zero-order valence-corrected chi connectivity index (χ0v) is 20.5. The van der Waals surface area contributed by atoms with E-state index in [0.717, 1.165) is 6.07 Å². The molecule has 0 saturated carbocycles. The summed E-state index contributed by atoms with van der Waals surface area (Å²) in [4.78, 5) is 24.9. The predicted molar refractivity (Wildman–Crippen MR) is 130 cm³/mol. The topological polar surface area (TPSA) is 75.0 Å². The number of carbonyl (C=O) groups excluding carboxylic acids is 1. The summed E-state index contributed by atoms with van der Waals surface area (Å²) in [6, 6.07) is 12.7. The molecule has 0 amide bonds. The monoisotopic (exact) mass is 550 g/mol. The second kappa shape index (κ2) is 11.1. The summed E-state index contributed by atoms with van der Waals surface area (Å²) < 4.78 is 76.3. The van der Waals surface area contributed by atoms with Crippen LogP contribution < -0.4 is 14.9 Å². The third-order valence-electron chi connectivity index (χ3n) is 5.27. The van der Waals surface area contributed by atoms with E-state index < -0.39 is 40.5 Å². The molecule has 0 bridgehead atoms. The summed E-state index contributed by atoms with van der Waals surface area (Å²) in [5.41, 5.74) is -1.27. The first-order chi connectivity index (χ1) is 18.1. The lowest BCUT2D eigenvalue weighted by atomic mass is 10.2. The van der Waals surface area contributed by atoms with E-state index in [9.17, 15) is 27.2 Å². The molecule has 38 heavy (non-hydrogen) atoms. The molecule has 0 aliphatic heterocycles. The Hall–Kier alpha value is -4.05. The van der Waals surface area contributed by atoms with Crippen LogP contribution in [0.1, 0.15) is 35.0 Å². The SMILES string of the molecule is CCCOC(=O)c1ccc(Oc2c(C(F)(F)F)oc3cc(OCc4c(F)cccc4Cl)ccc3c2=O)cc1. The van der Waals surface area contributed by atoms with Crippen LogP contribution in [0.4, 0.5) is 17.6 Å². The molecule has 4 aromatic rings. The number of rotatable bonds is 8. The Bertz CT molecular complexity index is 1510. The molecular formula is C27H19ClF4O6.